The number of ether oxygens (including phenoxy) is 2. The molecule has 1 radical (unpaired) electrons. The molecule has 10 aromatic rings. The van der Waals surface area contributed by atoms with Crippen LogP contribution < -0.4 is 9.47 Å². The van der Waals surface area contributed by atoms with Gasteiger partial charge in [0.15, 0.2) is 5.78 Å². The van der Waals surface area contributed by atoms with Gasteiger partial charge in [-0.15, -0.1) is 35.0 Å². The maximum Gasteiger partial charge on any atom is 0.165 e. The second kappa shape index (κ2) is 25.8. The molecule has 2 aromatic heterocycles. The summed E-state index contributed by atoms with van der Waals surface area (Å²) in [6, 6.07) is 44.7. The van der Waals surface area contributed by atoms with Crippen molar-refractivity contribution >= 4 is 70.4 Å². The first kappa shape index (κ1) is 66.5. The summed E-state index contributed by atoms with van der Waals surface area (Å²) < 4.78 is 13.7. The van der Waals surface area contributed by atoms with Gasteiger partial charge in [0.2, 0.25) is 0 Å². The van der Waals surface area contributed by atoms with Crippen LogP contribution in [0, 0.1) is 52.0 Å². The van der Waals surface area contributed by atoms with Crippen molar-refractivity contribution in [1.29, 1.82) is 0 Å². The molecule has 0 fully saturated rings. The number of nitrogens with zero attached hydrogens (tertiary/aromatic N) is 2. The molecule has 0 saturated heterocycles. The summed E-state index contributed by atoms with van der Waals surface area (Å²) >= 11 is 0. The van der Waals surface area contributed by atoms with E-state index in [-0.39, 0.29) is 64.6 Å². The Bertz CT molecular complexity index is 4330. The molecule has 0 atom stereocenters. The molecule has 6 nitrogen and oxygen atoms in total. The number of hydrogen-bond acceptors (Lipinski definition) is 6. The van der Waals surface area contributed by atoms with Crippen molar-refractivity contribution in [2.75, 3.05) is 0 Å². The van der Waals surface area contributed by atoms with Crippen molar-refractivity contribution in [2.24, 2.45) is 33.0 Å². The zero-order valence-corrected chi connectivity index (χ0v) is 58.8. The van der Waals surface area contributed by atoms with E-state index in [4.69, 9.17) is 19.4 Å². The number of carbonyl (C=O) groups is 1. The summed E-state index contributed by atoms with van der Waals surface area (Å²) in [5, 5.41) is 24.3. The number of pyridine rings is 2. The van der Waals surface area contributed by atoms with Gasteiger partial charge in [-0.2, -0.15) is 0 Å². The number of allylic oxidation sites excluding steroid dienone is 2. The minimum atomic E-state index is -0.278. The molecule has 0 bridgehead atoms. The Kier molecular flexibility index (Phi) is 19.2. The second-order valence-corrected chi connectivity index (χ2v) is 30.1. The average molecular weight is 1360 g/mol. The van der Waals surface area contributed by atoms with Crippen molar-refractivity contribution in [3.05, 3.63) is 167 Å². The van der Waals surface area contributed by atoms with Gasteiger partial charge in [-0.05, 0) is 154 Å². The van der Waals surface area contributed by atoms with Gasteiger partial charge in [0.05, 0.1) is 17.3 Å². The Morgan fingerprint density at radius 1 is 0.506 bits per heavy atom. The number of hydrogen-bond donors (Lipinski definition) is 1. The number of rotatable bonds is 12. The summed E-state index contributed by atoms with van der Waals surface area (Å²) in [6.45, 7) is 39.9. The van der Waals surface area contributed by atoms with Crippen LogP contribution in [0.25, 0.3) is 87.1 Å². The van der Waals surface area contributed by atoms with Crippen LogP contribution in [0.15, 0.2) is 127 Å². The first-order chi connectivity index (χ1) is 41.6. The first-order valence-corrected chi connectivity index (χ1v) is 32.5. The van der Waals surface area contributed by atoms with Crippen LogP contribution in [-0.4, -0.2) is 20.9 Å². The SMILES string of the molecule is CC(C)(C)Cc1c2c([c-]c3ccccc13)-c1nccc3c1c(cc1c(CC(C)(C)C)cccc13)O2.CCC(CC)/C(O)=C/C(=O)C(CC)(CC)CC.Cc1ccc2c(CC(C)(C)C)c3c([c-]c2c1)-c1nccc2c1c(cc1c(CC(C)(C)C)cccc12)O3.[Ir]. The third-order valence-corrected chi connectivity index (χ3v) is 18.2. The Balaban J connectivity index is 0.000000168. The number of ketones is 1. The topological polar surface area (TPSA) is 81.5 Å². The van der Waals surface area contributed by atoms with Gasteiger partial charge in [0.25, 0.3) is 0 Å². The summed E-state index contributed by atoms with van der Waals surface area (Å²) in [7, 11) is 0. The quantitative estimate of drug-likeness (QED) is 0.0568. The fraction of sp³-hybridized carbons (Fsp3) is 0.402. The van der Waals surface area contributed by atoms with Gasteiger partial charge in [0.1, 0.15) is 11.5 Å². The van der Waals surface area contributed by atoms with Gasteiger partial charge in [0, 0.05) is 72.1 Å². The molecule has 467 valence electrons. The molecule has 12 rings (SSSR count). The van der Waals surface area contributed by atoms with Crippen LogP contribution in [0.1, 0.15) is 178 Å². The third-order valence-electron chi connectivity index (χ3n) is 18.2. The van der Waals surface area contributed by atoms with Crippen molar-refractivity contribution in [2.45, 2.75) is 182 Å². The maximum atomic E-state index is 12.3. The first-order valence-electron chi connectivity index (χ1n) is 32.5. The largest absolute Gasteiger partial charge is 0.512 e. The van der Waals surface area contributed by atoms with Gasteiger partial charge in [-0.25, -0.2) is 0 Å². The number of benzene rings is 8. The van der Waals surface area contributed by atoms with E-state index in [0.29, 0.717) is 0 Å². The van der Waals surface area contributed by atoms with E-state index < -0.39 is 0 Å². The van der Waals surface area contributed by atoms with Crippen LogP contribution >= 0.6 is 0 Å². The smallest absolute Gasteiger partial charge is 0.165 e. The second-order valence-electron chi connectivity index (χ2n) is 30.1. The fourth-order valence-electron chi connectivity index (χ4n) is 13.7. The van der Waals surface area contributed by atoms with E-state index in [2.05, 4.69) is 205 Å². The van der Waals surface area contributed by atoms with Crippen molar-refractivity contribution in [1.82, 2.24) is 9.97 Å². The molecule has 2 aliphatic rings. The zero-order chi connectivity index (χ0) is 63.4. The number of aromatic nitrogens is 2. The molecular formula is C82H94IrN2O4-2. The third kappa shape index (κ3) is 13.7. The van der Waals surface area contributed by atoms with E-state index in [9.17, 15) is 9.90 Å². The van der Waals surface area contributed by atoms with E-state index in [1.807, 2.05) is 47.0 Å². The summed E-state index contributed by atoms with van der Waals surface area (Å²) in [6.07, 6.45) is 13.5. The standard InChI is InChI=1S/C34H34NO.C33H32NO.C15H28O2.Ir/c1-20-11-12-23-22(15-20)16-27-31-30-25(13-14-35-31)24-10-8-9-21(18-33(2,3)4)26(24)17-29(30)36-32(27)28(23)19-34(5,6)7;1-32(2,3)18-21-11-9-13-23-24-14-15-34-30-26-16-20-10-7-8-12-22(20)27(19-33(4,5)6)31(26)35-28(29(24)30)17-25(21)23;1-6-12(7-2)13(16)11-14(17)15(8-3,9-4)10-5;/h8-15,17H,18-19H2,1-7H3;7-15,17H,18-19H2,1-6H3;11-12,16H,6-10H2,1-5H3;/q2*-1;;/b;;13-11-;. The molecule has 0 saturated carbocycles. The molecule has 0 unspecified atom stereocenters. The monoisotopic (exact) mass is 1360 g/mol. The van der Waals surface area contributed by atoms with Crippen LogP contribution in [0.3, 0.4) is 0 Å². The molecule has 2 aliphatic heterocycles. The molecule has 1 N–H and O–H groups in total. The van der Waals surface area contributed by atoms with Gasteiger partial charge in [-0.3, -0.25) is 14.8 Å². The predicted molar refractivity (Wildman–Crippen MR) is 373 cm³/mol. The van der Waals surface area contributed by atoms with Crippen molar-refractivity contribution < 1.29 is 39.5 Å². The molecule has 89 heavy (non-hydrogen) atoms. The normalized spacial score (nSPS) is 13.1. The molecular weight excluding hydrogens is 1270 g/mol. The molecule has 7 heteroatoms. The molecule has 0 aliphatic carbocycles. The number of aryl methyl sites for hydroxylation is 1. The van der Waals surface area contributed by atoms with E-state index in [0.717, 1.165) is 125 Å². The molecule has 4 heterocycles. The number of carbonyl (C=O) groups excluding carboxylic acids is 1. The molecule has 8 aromatic carbocycles. The summed E-state index contributed by atoms with van der Waals surface area (Å²) in [4.78, 5) is 22.1. The van der Waals surface area contributed by atoms with Crippen LogP contribution in [0.5, 0.6) is 23.0 Å². The number of aliphatic hydroxyl groups is 1. The average Bonchev–Trinajstić information content (AvgIpc) is 0.777. The Morgan fingerprint density at radius 2 is 0.933 bits per heavy atom. The van der Waals surface area contributed by atoms with E-state index >= 15 is 0 Å². The Labute approximate surface area is 544 Å². The van der Waals surface area contributed by atoms with Gasteiger partial charge in [-0.1, -0.05) is 223 Å². The minimum absolute atomic E-state index is 0. The van der Waals surface area contributed by atoms with Crippen molar-refractivity contribution in [3.63, 3.8) is 0 Å². The molecule has 0 amide bonds. The van der Waals surface area contributed by atoms with Crippen LogP contribution in [-0.2, 0) is 50.6 Å². The summed E-state index contributed by atoms with van der Waals surface area (Å²) in [5.41, 5.74) is 10.7. The Hall–Kier alpha value is -6.92. The van der Waals surface area contributed by atoms with Gasteiger partial charge >= 0.3 is 0 Å². The molecule has 0 spiro atoms. The fourth-order valence-corrected chi connectivity index (χ4v) is 13.7. The van der Waals surface area contributed by atoms with Crippen molar-refractivity contribution in [3.8, 4) is 45.5 Å². The van der Waals surface area contributed by atoms with Crippen LogP contribution in [0.2, 0.25) is 0 Å². The summed E-state index contributed by atoms with van der Waals surface area (Å²) in [5.74, 6) is 4.13. The van der Waals surface area contributed by atoms with Gasteiger partial charge < -0.3 is 14.6 Å². The van der Waals surface area contributed by atoms with Crippen LogP contribution in [0.4, 0.5) is 0 Å². The van der Waals surface area contributed by atoms with E-state index in [1.54, 1.807) is 0 Å². The number of fused-ring (bicyclic) bond motifs is 10. The number of aliphatic hydroxyl groups excluding tert-OH is 1. The predicted octanol–water partition coefficient (Wildman–Crippen LogP) is 23.5. The minimum Gasteiger partial charge on any atom is -0.512 e. The van der Waals surface area contributed by atoms with E-state index in [1.165, 1.54) is 77.0 Å². The maximum absolute atomic E-state index is 12.3. The Morgan fingerprint density at radius 3 is 1.37 bits per heavy atom. The zero-order valence-electron chi connectivity index (χ0n) is 56.4.